The standard InChI is InChI=1S/C18H17N3O2S/c1-23-15-9-7-14(8-10-15)11-16(22)19-18-21-20-17(24-18)12-13-5-3-2-4-6-13/h2-10H,11-12H2,1H3,(H,19,21,22). The van der Waals surface area contributed by atoms with Gasteiger partial charge in [0.05, 0.1) is 13.5 Å². The van der Waals surface area contributed by atoms with Crippen molar-refractivity contribution in [3.63, 3.8) is 0 Å². The number of amides is 1. The SMILES string of the molecule is COc1ccc(CC(=O)Nc2nnc(Cc3ccccc3)s2)cc1. The molecule has 0 saturated heterocycles. The number of carbonyl (C=O) groups excluding carboxylic acids is 1. The molecule has 1 amide bonds. The van der Waals surface area contributed by atoms with Crippen molar-refractivity contribution in [2.24, 2.45) is 0 Å². The molecule has 0 bridgehead atoms. The van der Waals surface area contributed by atoms with Gasteiger partial charge in [-0.05, 0) is 23.3 Å². The van der Waals surface area contributed by atoms with Crippen LogP contribution in [-0.4, -0.2) is 23.2 Å². The molecule has 5 nitrogen and oxygen atoms in total. The molecule has 1 aromatic heterocycles. The second-order valence-corrected chi connectivity index (χ2v) is 6.30. The maximum Gasteiger partial charge on any atom is 0.230 e. The first-order valence-corrected chi connectivity index (χ1v) is 8.33. The van der Waals surface area contributed by atoms with Crippen molar-refractivity contribution in [1.82, 2.24) is 10.2 Å². The molecule has 0 unspecified atom stereocenters. The summed E-state index contributed by atoms with van der Waals surface area (Å²) >= 11 is 1.40. The van der Waals surface area contributed by atoms with Crippen LogP contribution in [0.5, 0.6) is 5.75 Å². The zero-order valence-electron chi connectivity index (χ0n) is 13.2. The summed E-state index contributed by atoms with van der Waals surface area (Å²) in [5.74, 6) is 0.663. The van der Waals surface area contributed by atoms with Gasteiger partial charge in [-0.2, -0.15) is 0 Å². The van der Waals surface area contributed by atoms with E-state index in [2.05, 4.69) is 15.5 Å². The number of methoxy groups -OCH3 is 1. The van der Waals surface area contributed by atoms with E-state index < -0.39 is 0 Å². The highest BCUT2D eigenvalue weighted by molar-refractivity contribution is 7.15. The second-order valence-electron chi connectivity index (χ2n) is 5.24. The highest BCUT2D eigenvalue weighted by Gasteiger charge is 2.09. The molecular weight excluding hydrogens is 322 g/mol. The maximum atomic E-state index is 12.1. The van der Waals surface area contributed by atoms with Crippen LogP contribution in [0, 0.1) is 0 Å². The van der Waals surface area contributed by atoms with Crippen LogP contribution in [0.2, 0.25) is 0 Å². The van der Waals surface area contributed by atoms with E-state index >= 15 is 0 Å². The largest absolute Gasteiger partial charge is 0.497 e. The van der Waals surface area contributed by atoms with Crippen LogP contribution in [0.25, 0.3) is 0 Å². The fourth-order valence-corrected chi connectivity index (χ4v) is 3.03. The van der Waals surface area contributed by atoms with E-state index in [1.165, 1.54) is 16.9 Å². The summed E-state index contributed by atoms with van der Waals surface area (Å²) in [6.45, 7) is 0. The summed E-state index contributed by atoms with van der Waals surface area (Å²) in [5, 5.41) is 12.4. The number of rotatable bonds is 6. The fourth-order valence-electron chi connectivity index (χ4n) is 2.24. The molecule has 0 saturated carbocycles. The van der Waals surface area contributed by atoms with Gasteiger partial charge in [-0.15, -0.1) is 10.2 Å². The predicted molar refractivity (Wildman–Crippen MR) is 94.5 cm³/mol. The van der Waals surface area contributed by atoms with Crippen LogP contribution < -0.4 is 10.1 Å². The van der Waals surface area contributed by atoms with Crippen molar-refractivity contribution < 1.29 is 9.53 Å². The number of ether oxygens (including phenoxy) is 1. The zero-order valence-corrected chi connectivity index (χ0v) is 14.0. The number of anilines is 1. The summed E-state index contributed by atoms with van der Waals surface area (Å²) in [5.41, 5.74) is 2.09. The van der Waals surface area contributed by atoms with Crippen LogP contribution in [-0.2, 0) is 17.6 Å². The van der Waals surface area contributed by atoms with Crippen molar-refractivity contribution in [3.05, 3.63) is 70.7 Å². The van der Waals surface area contributed by atoms with Gasteiger partial charge in [0.1, 0.15) is 10.8 Å². The summed E-state index contributed by atoms with van der Waals surface area (Å²) in [4.78, 5) is 12.1. The van der Waals surface area contributed by atoms with Crippen LogP contribution >= 0.6 is 11.3 Å². The second kappa shape index (κ2) is 7.70. The lowest BCUT2D eigenvalue weighted by Gasteiger charge is -2.03. The van der Waals surface area contributed by atoms with Gasteiger partial charge in [0.25, 0.3) is 0 Å². The van der Waals surface area contributed by atoms with Crippen molar-refractivity contribution in [2.45, 2.75) is 12.8 Å². The average Bonchev–Trinajstić information content (AvgIpc) is 3.03. The van der Waals surface area contributed by atoms with Gasteiger partial charge in [-0.1, -0.05) is 53.8 Å². The Morgan fingerprint density at radius 3 is 2.50 bits per heavy atom. The molecule has 3 rings (SSSR count). The molecule has 0 spiro atoms. The summed E-state index contributed by atoms with van der Waals surface area (Å²) in [6.07, 6.45) is 1.00. The first kappa shape index (κ1) is 16.1. The normalized spacial score (nSPS) is 10.4. The molecule has 0 fully saturated rings. The van der Waals surface area contributed by atoms with E-state index in [-0.39, 0.29) is 12.3 Å². The van der Waals surface area contributed by atoms with E-state index in [9.17, 15) is 4.79 Å². The van der Waals surface area contributed by atoms with Gasteiger partial charge >= 0.3 is 0 Å². The Balaban J connectivity index is 1.56. The maximum absolute atomic E-state index is 12.1. The Kier molecular flexibility index (Phi) is 5.18. The molecule has 1 N–H and O–H groups in total. The quantitative estimate of drug-likeness (QED) is 0.748. The Bertz CT molecular complexity index is 801. The van der Waals surface area contributed by atoms with Gasteiger partial charge in [0.15, 0.2) is 0 Å². The Morgan fingerprint density at radius 1 is 1.04 bits per heavy atom. The molecule has 1 heterocycles. The van der Waals surface area contributed by atoms with Gasteiger partial charge in [0.2, 0.25) is 11.0 Å². The fraction of sp³-hybridized carbons (Fsp3) is 0.167. The van der Waals surface area contributed by atoms with Gasteiger partial charge in [-0.25, -0.2) is 0 Å². The summed E-state index contributed by atoms with van der Waals surface area (Å²) in [6, 6.07) is 17.5. The lowest BCUT2D eigenvalue weighted by atomic mass is 10.1. The highest BCUT2D eigenvalue weighted by atomic mass is 32.1. The minimum Gasteiger partial charge on any atom is -0.497 e. The monoisotopic (exact) mass is 339 g/mol. The lowest BCUT2D eigenvalue weighted by molar-refractivity contribution is -0.115. The van der Waals surface area contributed by atoms with Gasteiger partial charge in [0, 0.05) is 6.42 Å². The van der Waals surface area contributed by atoms with E-state index in [0.29, 0.717) is 11.6 Å². The van der Waals surface area contributed by atoms with Crippen molar-refractivity contribution in [3.8, 4) is 5.75 Å². The Labute approximate surface area is 144 Å². The molecule has 3 aromatic rings. The van der Waals surface area contributed by atoms with Crippen LogP contribution in [0.4, 0.5) is 5.13 Å². The number of nitrogens with zero attached hydrogens (tertiary/aromatic N) is 2. The Morgan fingerprint density at radius 2 is 1.79 bits per heavy atom. The lowest BCUT2D eigenvalue weighted by Crippen LogP contribution is -2.14. The number of hydrogen-bond donors (Lipinski definition) is 1. The van der Waals surface area contributed by atoms with Crippen LogP contribution in [0.15, 0.2) is 54.6 Å². The van der Waals surface area contributed by atoms with Crippen molar-refractivity contribution in [1.29, 1.82) is 0 Å². The molecule has 122 valence electrons. The molecule has 24 heavy (non-hydrogen) atoms. The smallest absolute Gasteiger partial charge is 0.230 e. The van der Waals surface area contributed by atoms with E-state index in [0.717, 1.165) is 16.3 Å². The zero-order chi connectivity index (χ0) is 16.8. The van der Waals surface area contributed by atoms with Crippen molar-refractivity contribution >= 4 is 22.4 Å². The third-order valence-corrected chi connectivity index (χ3v) is 4.27. The minimum absolute atomic E-state index is 0.109. The molecule has 0 radical (unpaired) electrons. The molecule has 0 aliphatic heterocycles. The van der Waals surface area contributed by atoms with Gasteiger partial charge < -0.3 is 10.1 Å². The molecule has 0 aliphatic rings. The molecule has 0 aliphatic carbocycles. The number of carbonyl (C=O) groups is 1. The predicted octanol–water partition coefficient (Wildman–Crippen LogP) is 3.32. The van der Waals surface area contributed by atoms with Crippen molar-refractivity contribution in [2.75, 3.05) is 12.4 Å². The average molecular weight is 339 g/mol. The highest BCUT2D eigenvalue weighted by Crippen LogP contribution is 2.19. The number of nitrogens with one attached hydrogen (secondary N) is 1. The third-order valence-electron chi connectivity index (χ3n) is 3.44. The van der Waals surface area contributed by atoms with E-state index in [1.54, 1.807) is 7.11 Å². The molecule has 0 atom stereocenters. The van der Waals surface area contributed by atoms with Gasteiger partial charge in [-0.3, -0.25) is 4.79 Å². The number of benzene rings is 2. The number of hydrogen-bond acceptors (Lipinski definition) is 5. The van der Waals surface area contributed by atoms with Crippen LogP contribution in [0.3, 0.4) is 0 Å². The van der Waals surface area contributed by atoms with Crippen LogP contribution in [0.1, 0.15) is 16.1 Å². The third kappa shape index (κ3) is 4.39. The molecular formula is C18H17N3O2S. The first-order chi connectivity index (χ1) is 11.7. The summed E-state index contributed by atoms with van der Waals surface area (Å²) < 4.78 is 5.10. The molecule has 2 aromatic carbocycles. The topological polar surface area (TPSA) is 64.1 Å². The minimum atomic E-state index is -0.109. The Hall–Kier alpha value is -2.73. The first-order valence-electron chi connectivity index (χ1n) is 7.52. The molecule has 6 heteroatoms. The summed E-state index contributed by atoms with van der Waals surface area (Å²) in [7, 11) is 1.62. The van der Waals surface area contributed by atoms with E-state index in [1.807, 2.05) is 54.6 Å². The van der Waals surface area contributed by atoms with E-state index in [4.69, 9.17) is 4.74 Å². The number of aromatic nitrogens is 2.